The molecule has 0 spiro atoms. The third-order valence-electron chi connectivity index (χ3n) is 7.95. The topological polar surface area (TPSA) is 57.8 Å². The number of aromatic nitrogens is 1. The Morgan fingerprint density at radius 3 is 2.59 bits per heavy atom. The Labute approximate surface area is 198 Å². The number of benzene rings is 2. The van der Waals surface area contributed by atoms with Gasteiger partial charge in [0.25, 0.3) is 0 Å². The van der Waals surface area contributed by atoms with Gasteiger partial charge in [0.1, 0.15) is 11.9 Å². The Bertz CT molecular complexity index is 1200. The van der Waals surface area contributed by atoms with Gasteiger partial charge in [0.05, 0.1) is 26.4 Å². The molecular formula is C27H30FN3O3. The lowest BCUT2D eigenvalue weighted by molar-refractivity contribution is -0.153. The van der Waals surface area contributed by atoms with Crippen LogP contribution in [0.2, 0.25) is 0 Å². The van der Waals surface area contributed by atoms with Crippen molar-refractivity contribution >= 4 is 16.9 Å². The predicted molar refractivity (Wildman–Crippen MR) is 127 cm³/mol. The standard InChI is InChI=1S/C27H30FN3O3/c1-33-27(32)25-16-20-18-6-3-5-9-22(18)29-26(20)24-15-17(30-10-12-34-13-11-30)14-23(31(24)25)19-7-2-4-8-21(19)28/h2-9,17,23-25,29H,10-16H2,1H3/t17-,23+,24-,25+/m1/s1. The van der Waals surface area contributed by atoms with Crippen molar-refractivity contribution in [2.45, 2.75) is 43.4 Å². The molecule has 2 fully saturated rings. The highest BCUT2D eigenvalue weighted by atomic mass is 19.1. The van der Waals surface area contributed by atoms with E-state index in [2.05, 4.69) is 26.9 Å². The number of ether oxygens (including phenoxy) is 2. The second kappa shape index (κ2) is 8.80. The van der Waals surface area contributed by atoms with Gasteiger partial charge in [0, 0.05) is 53.8 Å². The number of morpholine rings is 1. The minimum atomic E-state index is -0.461. The number of para-hydroxylation sites is 1. The summed E-state index contributed by atoms with van der Waals surface area (Å²) in [6.07, 6.45) is 2.19. The van der Waals surface area contributed by atoms with Crippen LogP contribution in [0.25, 0.3) is 10.9 Å². The second-order valence-corrected chi connectivity index (χ2v) is 9.58. The van der Waals surface area contributed by atoms with Gasteiger partial charge in [-0.25, -0.2) is 4.39 Å². The molecule has 3 aromatic rings. The summed E-state index contributed by atoms with van der Waals surface area (Å²) in [4.78, 5) is 21.5. The van der Waals surface area contributed by atoms with Gasteiger partial charge in [0.15, 0.2) is 0 Å². The summed E-state index contributed by atoms with van der Waals surface area (Å²) in [5.41, 5.74) is 4.07. The summed E-state index contributed by atoms with van der Waals surface area (Å²) < 4.78 is 26.1. The van der Waals surface area contributed by atoms with Crippen molar-refractivity contribution in [2.75, 3.05) is 33.4 Å². The Morgan fingerprint density at radius 2 is 1.79 bits per heavy atom. The Hall–Kier alpha value is -2.74. The number of esters is 1. The summed E-state index contributed by atoms with van der Waals surface area (Å²) in [6.45, 7) is 3.19. The molecule has 0 aliphatic carbocycles. The number of hydrogen-bond donors (Lipinski definition) is 1. The van der Waals surface area contributed by atoms with Crippen molar-refractivity contribution in [3.8, 4) is 0 Å². The Balaban J connectivity index is 1.50. The van der Waals surface area contributed by atoms with Gasteiger partial charge in [-0.2, -0.15) is 0 Å². The van der Waals surface area contributed by atoms with E-state index in [1.807, 2.05) is 24.3 Å². The molecule has 178 valence electrons. The molecule has 0 bridgehead atoms. The summed E-state index contributed by atoms with van der Waals surface area (Å²) in [5, 5.41) is 1.15. The smallest absolute Gasteiger partial charge is 0.323 e. The molecule has 0 radical (unpaired) electrons. The normalized spacial score (nSPS) is 27.8. The maximum atomic E-state index is 15.2. The van der Waals surface area contributed by atoms with Crippen molar-refractivity contribution in [1.82, 2.24) is 14.8 Å². The number of aromatic amines is 1. The van der Waals surface area contributed by atoms with Crippen LogP contribution < -0.4 is 0 Å². The van der Waals surface area contributed by atoms with Crippen LogP contribution in [0.4, 0.5) is 4.39 Å². The number of carbonyl (C=O) groups excluding carboxylic acids is 1. The number of hydrogen-bond acceptors (Lipinski definition) is 5. The first-order chi connectivity index (χ1) is 16.7. The predicted octanol–water partition coefficient (Wildman–Crippen LogP) is 3.98. The highest BCUT2D eigenvalue weighted by molar-refractivity contribution is 5.87. The Morgan fingerprint density at radius 1 is 1.06 bits per heavy atom. The van der Waals surface area contributed by atoms with Gasteiger partial charge in [-0.1, -0.05) is 36.4 Å². The Kier molecular flexibility index (Phi) is 5.63. The van der Waals surface area contributed by atoms with E-state index < -0.39 is 6.04 Å². The van der Waals surface area contributed by atoms with Crippen LogP contribution in [-0.2, 0) is 20.7 Å². The number of rotatable bonds is 3. The highest BCUT2D eigenvalue weighted by Gasteiger charge is 2.49. The molecule has 4 heterocycles. The average molecular weight is 464 g/mol. The van der Waals surface area contributed by atoms with Crippen LogP contribution in [0.5, 0.6) is 0 Å². The number of H-pyrrole nitrogens is 1. The molecule has 6 nitrogen and oxygen atoms in total. The van der Waals surface area contributed by atoms with E-state index in [1.165, 1.54) is 18.7 Å². The number of methoxy groups -OCH3 is 1. The van der Waals surface area contributed by atoms with E-state index in [9.17, 15) is 4.79 Å². The van der Waals surface area contributed by atoms with Gasteiger partial charge in [-0.15, -0.1) is 0 Å². The van der Waals surface area contributed by atoms with E-state index in [0.29, 0.717) is 12.0 Å². The summed E-state index contributed by atoms with van der Waals surface area (Å²) in [7, 11) is 1.45. The number of carbonyl (C=O) groups is 1. The minimum absolute atomic E-state index is 0.0357. The lowest BCUT2D eigenvalue weighted by atomic mass is 9.79. The molecule has 2 saturated heterocycles. The van der Waals surface area contributed by atoms with Gasteiger partial charge in [-0.05, 0) is 30.5 Å². The zero-order valence-corrected chi connectivity index (χ0v) is 19.4. The number of piperidine rings is 1. The summed E-state index contributed by atoms with van der Waals surface area (Å²) >= 11 is 0. The molecule has 6 rings (SSSR count). The van der Waals surface area contributed by atoms with E-state index in [4.69, 9.17) is 9.47 Å². The molecule has 1 N–H and O–H groups in total. The van der Waals surface area contributed by atoms with Gasteiger partial charge < -0.3 is 14.5 Å². The van der Waals surface area contributed by atoms with E-state index in [0.717, 1.165) is 55.7 Å². The van der Waals surface area contributed by atoms with Crippen LogP contribution in [-0.4, -0.2) is 66.2 Å². The van der Waals surface area contributed by atoms with E-state index in [-0.39, 0.29) is 29.9 Å². The lowest BCUT2D eigenvalue weighted by Crippen LogP contribution is -2.57. The molecule has 1 aromatic heterocycles. The fraction of sp³-hybridized carbons (Fsp3) is 0.444. The molecular weight excluding hydrogens is 433 g/mol. The van der Waals surface area contributed by atoms with Crippen LogP contribution in [0.3, 0.4) is 0 Å². The second-order valence-electron chi connectivity index (χ2n) is 9.58. The van der Waals surface area contributed by atoms with E-state index >= 15 is 4.39 Å². The average Bonchev–Trinajstić information content (AvgIpc) is 3.27. The minimum Gasteiger partial charge on any atom is -0.468 e. The lowest BCUT2D eigenvalue weighted by Gasteiger charge is -2.52. The quantitative estimate of drug-likeness (QED) is 0.596. The van der Waals surface area contributed by atoms with Crippen molar-refractivity contribution < 1.29 is 18.7 Å². The summed E-state index contributed by atoms with van der Waals surface area (Å²) in [6, 6.07) is 14.8. The largest absolute Gasteiger partial charge is 0.468 e. The zero-order chi connectivity index (χ0) is 23.2. The summed E-state index contributed by atoms with van der Waals surface area (Å²) in [5.74, 6) is -0.480. The van der Waals surface area contributed by atoms with Crippen LogP contribution in [0.15, 0.2) is 48.5 Å². The SMILES string of the molecule is COC(=O)[C@@H]1Cc2c([nH]c3ccccc23)[C@H]2C[C@H](N3CCOCC3)C[C@@H](c3ccccc3F)N21. The molecule has 2 aromatic carbocycles. The van der Waals surface area contributed by atoms with Crippen LogP contribution in [0.1, 0.15) is 41.7 Å². The molecule has 34 heavy (non-hydrogen) atoms. The number of nitrogens with zero attached hydrogens (tertiary/aromatic N) is 2. The van der Waals surface area contributed by atoms with Gasteiger partial charge in [0.2, 0.25) is 0 Å². The van der Waals surface area contributed by atoms with Crippen LogP contribution >= 0.6 is 0 Å². The molecule has 3 aliphatic heterocycles. The maximum Gasteiger partial charge on any atom is 0.323 e. The molecule has 7 heteroatoms. The van der Waals surface area contributed by atoms with Crippen molar-refractivity contribution in [2.24, 2.45) is 0 Å². The monoisotopic (exact) mass is 463 g/mol. The highest BCUT2D eigenvalue weighted by Crippen LogP contribution is 2.50. The number of nitrogens with one attached hydrogen (secondary N) is 1. The number of fused-ring (bicyclic) bond motifs is 5. The maximum absolute atomic E-state index is 15.2. The molecule has 3 aliphatic rings. The molecule has 0 amide bonds. The van der Waals surface area contributed by atoms with Crippen molar-refractivity contribution in [1.29, 1.82) is 0 Å². The van der Waals surface area contributed by atoms with Crippen molar-refractivity contribution in [3.05, 3.63) is 71.2 Å². The van der Waals surface area contributed by atoms with Crippen LogP contribution in [0, 0.1) is 5.82 Å². The first kappa shape index (κ1) is 21.8. The third-order valence-corrected chi connectivity index (χ3v) is 7.95. The zero-order valence-electron chi connectivity index (χ0n) is 19.4. The van der Waals surface area contributed by atoms with Gasteiger partial charge >= 0.3 is 5.97 Å². The molecule has 0 unspecified atom stereocenters. The first-order valence-electron chi connectivity index (χ1n) is 12.2. The fourth-order valence-electron chi connectivity index (χ4n) is 6.41. The first-order valence-corrected chi connectivity index (χ1v) is 12.2. The van der Waals surface area contributed by atoms with Crippen molar-refractivity contribution in [3.63, 3.8) is 0 Å². The van der Waals surface area contributed by atoms with E-state index in [1.54, 1.807) is 6.07 Å². The molecule has 0 saturated carbocycles. The number of halogens is 1. The fourth-order valence-corrected chi connectivity index (χ4v) is 6.41. The molecule has 4 atom stereocenters. The van der Waals surface area contributed by atoms with Gasteiger partial charge in [-0.3, -0.25) is 14.6 Å². The third kappa shape index (κ3) is 3.54.